The van der Waals surface area contributed by atoms with Gasteiger partial charge in [0.05, 0.1) is 24.5 Å². The van der Waals surface area contributed by atoms with Crippen molar-refractivity contribution in [1.82, 2.24) is 4.90 Å². The van der Waals surface area contributed by atoms with E-state index in [1.165, 1.54) is 23.3 Å². The van der Waals surface area contributed by atoms with Crippen LogP contribution in [0.5, 0.6) is 0 Å². The summed E-state index contributed by atoms with van der Waals surface area (Å²) in [5.41, 5.74) is 3.18. The number of nitrogens with one attached hydrogen (secondary N) is 1. The fraction of sp³-hybridized carbons (Fsp3) is 0.462. The third-order valence-corrected chi connectivity index (χ3v) is 9.59. The number of imide groups is 1. The molecule has 35 heavy (non-hydrogen) atoms. The van der Waals surface area contributed by atoms with Crippen LogP contribution in [0.4, 0.5) is 10.7 Å². The number of nitrogens with zero attached hydrogens (tertiary/aromatic N) is 2. The zero-order chi connectivity index (χ0) is 25.0. The van der Waals surface area contributed by atoms with Gasteiger partial charge in [-0.3, -0.25) is 19.3 Å². The van der Waals surface area contributed by atoms with Crippen molar-refractivity contribution in [3.05, 3.63) is 44.8 Å². The smallest absolute Gasteiger partial charge is 0.341 e. The Balaban J connectivity index is 1.57. The first kappa shape index (κ1) is 22.4. The molecule has 9 heteroatoms. The average Bonchev–Trinajstić information content (AvgIpc) is 3.56. The fourth-order valence-electron chi connectivity index (χ4n) is 6.97. The number of hydrogen-bond acceptors (Lipinski definition) is 7. The molecule has 3 fully saturated rings. The van der Waals surface area contributed by atoms with E-state index in [1.807, 2.05) is 32.9 Å². The van der Waals surface area contributed by atoms with Gasteiger partial charge in [0, 0.05) is 22.2 Å². The minimum atomic E-state index is -1.23. The van der Waals surface area contributed by atoms with Gasteiger partial charge in [0.1, 0.15) is 10.5 Å². The first-order valence-electron chi connectivity index (χ1n) is 11.9. The summed E-state index contributed by atoms with van der Waals surface area (Å²) < 4.78 is 4.99. The van der Waals surface area contributed by atoms with Crippen LogP contribution in [0.25, 0.3) is 0 Å². The lowest BCUT2D eigenvalue weighted by atomic mass is 9.75. The lowest BCUT2D eigenvalue weighted by Crippen LogP contribution is -2.54. The van der Waals surface area contributed by atoms with Crippen LogP contribution in [-0.4, -0.2) is 48.3 Å². The normalized spacial score (nSPS) is 29.1. The van der Waals surface area contributed by atoms with Gasteiger partial charge in [-0.2, -0.15) is 0 Å². The van der Waals surface area contributed by atoms with E-state index >= 15 is 0 Å². The number of ether oxygens (including phenoxy) is 1. The van der Waals surface area contributed by atoms with E-state index in [0.717, 1.165) is 40.1 Å². The maximum Gasteiger partial charge on any atom is 0.341 e. The van der Waals surface area contributed by atoms with Gasteiger partial charge < -0.3 is 10.1 Å². The minimum Gasteiger partial charge on any atom is -0.465 e. The summed E-state index contributed by atoms with van der Waals surface area (Å²) in [5.74, 6) is -3.05. The number of amides is 3. The van der Waals surface area contributed by atoms with Crippen molar-refractivity contribution in [2.24, 2.45) is 11.8 Å². The van der Waals surface area contributed by atoms with E-state index in [2.05, 4.69) is 10.2 Å². The minimum absolute atomic E-state index is 0.206. The van der Waals surface area contributed by atoms with Crippen LogP contribution >= 0.6 is 11.3 Å². The highest BCUT2D eigenvalue weighted by Crippen LogP contribution is 2.61. The Morgan fingerprint density at radius 1 is 1.14 bits per heavy atom. The van der Waals surface area contributed by atoms with E-state index in [-0.39, 0.29) is 23.4 Å². The third-order valence-electron chi connectivity index (χ3n) is 8.40. The Bertz CT molecular complexity index is 1360. The number of carbonyl (C=O) groups is 4. The molecule has 8 nitrogen and oxygen atoms in total. The number of hydrogen-bond donors (Lipinski definition) is 1. The van der Waals surface area contributed by atoms with E-state index < -0.39 is 29.3 Å². The van der Waals surface area contributed by atoms with Crippen molar-refractivity contribution < 1.29 is 23.9 Å². The molecule has 3 amide bonds. The van der Waals surface area contributed by atoms with Crippen LogP contribution in [0, 0.1) is 39.5 Å². The van der Waals surface area contributed by atoms with Gasteiger partial charge in [-0.1, -0.05) is 17.7 Å². The summed E-state index contributed by atoms with van der Waals surface area (Å²) in [6.45, 7) is 8.23. The zero-order valence-electron chi connectivity index (χ0n) is 20.4. The molecule has 1 aromatic heterocycles. The van der Waals surface area contributed by atoms with Crippen molar-refractivity contribution >= 4 is 45.7 Å². The predicted octanol–water partition coefficient (Wildman–Crippen LogP) is 3.20. The van der Waals surface area contributed by atoms with Gasteiger partial charge in [0.25, 0.3) is 0 Å². The quantitative estimate of drug-likeness (QED) is 0.510. The lowest BCUT2D eigenvalue weighted by molar-refractivity contribution is -0.135. The van der Waals surface area contributed by atoms with Gasteiger partial charge >= 0.3 is 5.97 Å². The number of esters is 1. The molecule has 3 saturated heterocycles. The third kappa shape index (κ3) is 2.55. The Kier molecular flexibility index (Phi) is 4.64. The number of fused-ring (bicyclic) bond motifs is 7. The topological polar surface area (TPSA) is 96.0 Å². The van der Waals surface area contributed by atoms with Crippen molar-refractivity contribution in [3.63, 3.8) is 0 Å². The Labute approximate surface area is 207 Å². The molecule has 0 bridgehead atoms. The van der Waals surface area contributed by atoms with Gasteiger partial charge in [-0.25, -0.2) is 9.69 Å². The molecule has 0 aliphatic carbocycles. The Morgan fingerprint density at radius 2 is 1.89 bits per heavy atom. The molecular weight excluding hydrogens is 466 g/mol. The van der Waals surface area contributed by atoms with Crippen molar-refractivity contribution in [3.8, 4) is 0 Å². The van der Waals surface area contributed by atoms with Crippen LogP contribution in [0.15, 0.2) is 12.1 Å². The standard InChI is InChI=1S/C26H27N3O5S/c1-11-9-12(2)20-15(10-11)26(25(33)27-20)19-18(16-7-6-8-28(16)26)21(30)29(22(19)31)23-17(24(32)34-5)13(3)14(4)35-23/h9-10,16,18-19H,6-8H2,1-5H3,(H,27,33). The molecule has 4 atom stereocenters. The number of aryl methyl sites for hydroxylation is 3. The largest absolute Gasteiger partial charge is 0.465 e. The summed E-state index contributed by atoms with van der Waals surface area (Å²) in [4.78, 5) is 58.9. The average molecular weight is 494 g/mol. The molecule has 1 spiro atoms. The van der Waals surface area contributed by atoms with E-state index in [9.17, 15) is 19.2 Å². The second kappa shape index (κ2) is 7.24. The van der Waals surface area contributed by atoms with E-state index in [4.69, 9.17) is 4.74 Å². The molecule has 6 rings (SSSR count). The molecule has 4 aliphatic heterocycles. The highest BCUT2D eigenvalue weighted by Gasteiger charge is 2.75. The fourth-order valence-corrected chi connectivity index (χ4v) is 8.12. The molecule has 4 unspecified atom stereocenters. The number of thiophene rings is 1. The summed E-state index contributed by atoms with van der Waals surface area (Å²) in [7, 11) is 1.29. The molecule has 1 aromatic carbocycles. The first-order valence-corrected chi connectivity index (χ1v) is 12.7. The Hall–Kier alpha value is -3.04. The lowest BCUT2D eigenvalue weighted by Gasteiger charge is -2.36. The molecule has 5 heterocycles. The van der Waals surface area contributed by atoms with Crippen LogP contribution < -0.4 is 10.2 Å². The molecule has 2 aromatic rings. The van der Waals surface area contributed by atoms with E-state index in [1.54, 1.807) is 6.92 Å². The van der Waals surface area contributed by atoms with Gasteiger partial charge in [-0.05, 0) is 58.2 Å². The van der Waals surface area contributed by atoms with Gasteiger partial charge in [0.15, 0.2) is 0 Å². The molecule has 4 aliphatic rings. The zero-order valence-corrected chi connectivity index (χ0v) is 21.2. The predicted molar refractivity (Wildman–Crippen MR) is 131 cm³/mol. The van der Waals surface area contributed by atoms with Crippen LogP contribution in [-0.2, 0) is 24.7 Å². The summed E-state index contributed by atoms with van der Waals surface area (Å²) in [6.07, 6.45) is 1.60. The molecule has 1 N–H and O–H groups in total. The molecule has 0 radical (unpaired) electrons. The maximum atomic E-state index is 14.3. The van der Waals surface area contributed by atoms with Crippen LogP contribution in [0.2, 0.25) is 0 Å². The van der Waals surface area contributed by atoms with Crippen LogP contribution in [0.1, 0.15) is 50.3 Å². The highest BCUT2D eigenvalue weighted by atomic mass is 32.1. The Morgan fingerprint density at radius 3 is 2.60 bits per heavy atom. The number of benzene rings is 1. The van der Waals surface area contributed by atoms with E-state index in [0.29, 0.717) is 17.1 Å². The number of carbonyl (C=O) groups excluding carboxylic acids is 4. The first-order chi connectivity index (χ1) is 16.6. The van der Waals surface area contributed by atoms with Gasteiger partial charge in [-0.15, -0.1) is 11.3 Å². The number of rotatable bonds is 2. The maximum absolute atomic E-state index is 14.3. The van der Waals surface area contributed by atoms with Crippen molar-refractivity contribution in [2.45, 2.75) is 52.1 Å². The SMILES string of the molecule is COC(=O)c1c(N2C(=O)C3C4CCCN4C4(C(=O)Nc5c(C)cc(C)cc54)C3C2=O)sc(C)c1C. The molecule has 182 valence electrons. The second-order valence-corrected chi connectivity index (χ2v) is 11.3. The molecular formula is C26H27N3O5S. The van der Waals surface area contributed by atoms with Crippen molar-refractivity contribution in [2.75, 3.05) is 23.9 Å². The summed E-state index contributed by atoms with van der Waals surface area (Å²) in [6, 6.07) is 3.79. The number of methoxy groups -OCH3 is 1. The summed E-state index contributed by atoms with van der Waals surface area (Å²) in [5, 5.41) is 3.36. The monoisotopic (exact) mass is 493 g/mol. The number of anilines is 2. The highest BCUT2D eigenvalue weighted by molar-refractivity contribution is 7.17. The van der Waals surface area contributed by atoms with Crippen LogP contribution in [0.3, 0.4) is 0 Å². The second-order valence-electron chi connectivity index (χ2n) is 10.1. The summed E-state index contributed by atoms with van der Waals surface area (Å²) >= 11 is 1.24. The van der Waals surface area contributed by atoms with Crippen molar-refractivity contribution in [1.29, 1.82) is 0 Å². The van der Waals surface area contributed by atoms with Gasteiger partial charge in [0.2, 0.25) is 17.7 Å². The molecule has 0 saturated carbocycles.